The molecule has 1 aromatic rings. The number of hydrogen-bond donors (Lipinski definition) is 1. The molecule has 0 saturated heterocycles. The zero-order valence-electron chi connectivity index (χ0n) is 4.26. The molecule has 1 heterocycles. The van der Waals surface area contributed by atoms with Crippen molar-refractivity contribution in [1.29, 1.82) is 0 Å². The Bertz CT molecular complexity index is 175. The molecule has 0 radical (unpaired) electrons. The molecule has 1 aromatic heterocycles. The third kappa shape index (κ3) is 1.24. The second-order valence-corrected chi connectivity index (χ2v) is 3.47. The van der Waals surface area contributed by atoms with E-state index < -0.39 is 0 Å². The molecule has 0 aliphatic carbocycles. The maximum absolute atomic E-state index is 3.80. The van der Waals surface area contributed by atoms with Crippen LogP contribution in [0.1, 0.15) is 0 Å². The van der Waals surface area contributed by atoms with Crippen molar-refractivity contribution in [3.05, 3.63) is 3.92 Å². The highest BCUT2D eigenvalue weighted by Gasteiger charge is 1.99. The molecule has 0 aliphatic rings. The molecule has 0 aromatic carbocycles. The molecular formula is C3H5BrN3S+. The second kappa shape index (κ2) is 2.52. The summed E-state index contributed by atoms with van der Waals surface area (Å²) in [7, 11) is 1.94. The van der Waals surface area contributed by atoms with Gasteiger partial charge in [0, 0.05) is 0 Å². The van der Waals surface area contributed by atoms with Crippen molar-refractivity contribution in [1.82, 2.24) is 10.2 Å². The summed E-state index contributed by atoms with van der Waals surface area (Å²) < 4.78 is 0.839. The minimum Gasteiger partial charge on any atom is -0.289 e. The lowest BCUT2D eigenvalue weighted by molar-refractivity contribution is -0.539. The van der Waals surface area contributed by atoms with E-state index in [-0.39, 0.29) is 0 Å². The summed E-state index contributed by atoms with van der Waals surface area (Å²) in [6.45, 7) is 0. The van der Waals surface area contributed by atoms with Crippen molar-refractivity contribution < 1.29 is 5.32 Å². The minimum absolute atomic E-state index is 0.839. The third-order valence-corrected chi connectivity index (χ3v) is 2.08. The Morgan fingerprint density at radius 3 is 2.62 bits per heavy atom. The molecule has 0 atom stereocenters. The molecule has 8 heavy (non-hydrogen) atoms. The van der Waals surface area contributed by atoms with Gasteiger partial charge in [-0.25, -0.2) is 0 Å². The Morgan fingerprint density at radius 1 is 1.62 bits per heavy atom. The average molecular weight is 195 g/mol. The Balaban J connectivity index is 2.84. The van der Waals surface area contributed by atoms with Gasteiger partial charge in [-0.15, -0.1) is 5.10 Å². The molecule has 0 spiro atoms. The molecule has 2 N–H and O–H groups in total. The van der Waals surface area contributed by atoms with Gasteiger partial charge in [-0.3, -0.25) is 5.32 Å². The summed E-state index contributed by atoms with van der Waals surface area (Å²) >= 11 is 4.72. The van der Waals surface area contributed by atoms with Crippen LogP contribution in [0.5, 0.6) is 0 Å². The van der Waals surface area contributed by atoms with Crippen LogP contribution in [-0.2, 0) is 0 Å². The Hall–Kier alpha value is -0.0000000000000000833. The van der Waals surface area contributed by atoms with Crippen molar-refractivity contribution in [2.45, 2.75) is 0 Å². The normalized spacial score (nSPS) is 9.75. The van der Waals surface area contributed by atoms with Gasteiger partial charge in [0.2, 0.25) is 0 Å². The summed E-state index contributed by atoms with van der Waals surface area (Å²) in [5, 5.41) is 10.4. The standard InChI is InChI=1S/C3H4BrN3S/c1-5-3-7-6-2(4)8-3/h1H3,(H,5,7)/p+1. The number of aromatic nitrogens is 2. The van der Waals surface area contributed by atoms with Crippen molar-refractivity contribution in [2.75, 3.05) is 7.05 Å². The molecule has 0 unspecified atom stereocenters. The topological polar surface area (TPSA) is 42.4 Å². The first-order valence-corrected chi connectivity index (χ1v) is 3.72. The van der Waals surface area contributed by atoms with E-state index in [0.29, 0.717) is 0 Å². The highest BCUT2D eigenvalue weighted by atomic mass is 79.9. The monoisotopic (exact) mass is 194 g/mol. The second-order valence-electron chi connectivity index (χ2n) is 1.18. The number of rotatable bonds is 1. The van der Waals surface area contributed by atoms with Crippen LogP contribution in [0.15, 0.2) is 3.92 Å². The maximum atomic E-state index is 3.80. The molecule has 3 nitrogen and oxygen atoms in total. The minimum atomic E-state index is 0.839. The number of quaternary nitrogens is 1. The number of hydrogen-bond acceptors (Lipinski definition) is 3. The SMILES string of the molecule is C[NH2+]c1nnc(Br)s1. The van der Waals surface area contributed by atoms with Crippen LogP contribution in [0.2, 0.25) is 0 Å². The maximum Gasteiger partial charge on any atom is 0.303 e. The van der Waals surface area contributed by atoms with E-state index in [2.05, 4.69) is 26.1 Å². The van der Waals surface area contributed by atoms with Gasteiger partial charge in [0.05, 0.1) is 7.05 Å². The summed E-state index contributed by atoms with van der Waals surface area (Å²) in [5.74, 6) is 0. The molecule has 1 rings (SSSR count). The van der Waals surface area contributed by atoms with Crippen molar-refractivity contribution in [3.8, 4) is 0 Å². The summed E-state index contributed by atoms with van der Waals surface area (Å²) in [6, 6.07) is 0. The Morgan fingerprint density at radius 2 is 2.38 bits per heavy atom. The molecule has 5 heteroatoms. The zero-order chi connectivity index (χ0) is 5.98. The average Bonchev–Trinajstić information content (AvgIpc) is 2.14. The largest absolute Gasteiger partial charge is 0.303 e. The van der Waals surface area contributed by atoms with Crippen LogP contribution in [0.25, 0.3) is 0 Å². The van der Waals surface area contributed by atoms with E-state index in [1.54, 1.807) is 0 Å². The molecular weight excluding hydrogens is 190 g/mol. The highest BCUT2D eigenvalue weighted by molar-refractivity contribution is 9.11. The fourth-order valence-electron chi connectivity index (χ4n) is 0.332. The quantitative estimate of drug-likeness (QED) is 0.691. The lowest BCUT2D eigenvalue weighted by Crippen LogP contribution is -2.72. The fraction of sp³-hybridized carbons (Fsp3) is 0.333. The van der Waals surface area contributed by atoms with Crippen LogP contribution >= 0.6 is 27.3 Å². The first-order valence-electron chi connectivity index (χ1n) is 2.11. The smallest absolute Gasteiger partial charge is 0.289 e. The van der Waals surface area contributed by atoms with E-state index in [9.17, 15) is 0 Å². The van der Waals surface area contributed by atoms with Gasteiger partial charge in [0.25, 0.3) is 0 Å². The highest BCUT2D eigenvalue weighted by Crippen LogP contribution is 2.15. The van der Waals surface area contributed by atoms with Crippen LogP contribution in [0.3, 0.4) is 0 Å². The lowest BCUT2D eigenvalue weighted by Gasteiger charge is -1.75. The molecule has 0 aliphatic heterocycles. The Kier molecular flexibility index (Phi) is 1.93. The van der Waals surface area contributed by atoms with Gasteiger partial charge in [0.1, 0.15) is 0 Å². The predicted molar refractivity (Wildman–Crippen MR) is 35.1 cm³/mol. The molecule has 0 fully saturated rings. The zero-order valence-corrected chi connectivity index (χ0v) is 6.66. The fourth-order valence-corrected chi connectivity index (χ4v) is 1.36. The molecule has 0 bridgehead atoms. The third-order valence-electron chi connectivity index (χ3n) is 0.663. The van der Waals surface area contributed by atoms with Crippen molar-refractivity contribution >= 4 is 32.4 Å². The van der Waals surface area contributed by atoms with Crippen LogP contribution < -0.4 is 5.32 Å². The molecule has 0 amide bonds. The van der Waals surface area contributed by atoms with E-state index in [4.69, 9.17) is 0 Å². The van der Waals surface area contributed by atoms with E-state index in [0.717, 1.165) is 9.05 Å². The number of nitrogens with two attached hydrogens (primary N) is 1. The van der Waals surface area contributed by atoms with Gasteiger partial charge < -0.3 is 0 Å². The van der Waals surface area contributed by atoms with Crippen LogP contribution in [0.4, 0.5) is 5.13 Å². The number of halogens is 1. The van der Waals surface area contributed by atoms with Gasteiger partial charge in [-0.05, 0) is 27.3 Å². The molecule has 44 valence electrons. The first-order chi connectivity index (χ1) is 3.83. The summed E-state index contributed by atoms with van der Waals surface area (Å²) in [6.07, 6.45) is 0. The van der Waals surface area contributed by atoms with Gasteiger partial charge in [0.15, 0.2) is 3.92 Å². The predicted octanol–water partition coefficient (Wildman–Crippen LogP) is 0.125. The van der Waals surface area contributed by atoms with Crippen molar-refractivity contribution in [2.24, 2.45) is 0 Å². The van der Waals surface area contributed by atoms with E-state index in [1.165, 1.54) is 11.3 Å². The lowest BCUT2D eigenvalue weighted by atomic mass is 11.1. The Labute approximate surface area is 59.3 Å². The van der Waals surface area contributed by atoms with Crippen molar-refractivity contribution in [3.63, 3.8) is 0 Å². The van der Waals surface area contributed by atoms with Gasteiger partial charge in [-0.2, -0.15) is 0 Å². The van der Waals surface area contributed by atoms with Gasteiger partial charge >= 0.3 is 5.13 Å². The summed E-state index contributed by atoms with van der Waals surface area (Å²) in [4.78, 5) is 0. The first kappa shape index (κ1) is 6.12. The summed E-state index contributed by atoms with van der Waals surface area (Å²) in [5.41, 5.74) is 0. The van der Waals surface area contributed by atoms with Crippen LogP contribution in [0, 0.1) is 0 Å². The number of nitrogens with zero attached hydrogens (tertiary/aromatic N) is 2. The van der Waals surface area contributed by atoms with Crippen LogP contribution in [-0.4, -0.2) is 17.2 Å². The molecule has 0 saturated carbocycles. The van der Waals surface area contributed by atoms with E-state index in [1.807, 2.05) is 12.4 Å². The van der Waals surface area contributed by atoms with E-state index >= 15 is 0 Å². The van der Waals surface area contributed by atoms with Gasteiger partial charge in [-0.1, -0.05) is 5.10 Å².